The van der Waals surface area contributed by atoms with E-state index in [1.807, 2.05) is 55.1 Å². The predicted molar refractivity (Wildman–Crippen MR) is 95.6 cm³/mol. The second-order valence-electron chi connectivity index (χ2n) is 7.87. The lowest BCUT2D eigenvalue weighted by Crippen LogP contribution is -2.45. The van der Waals surface area contributed by atoms with E-state index in [0.29, 0.717) is 26.1 Å². The van der Waals surface area contributed by atoms with Gasteiger partial charge in [-0.2, -0.15) is 0 Å². The molecule has 1 aromatic rings. The third-order valence-corrected chi connectivity index (χ3v) is 5.21. The normalized spacial score (nSPS) is 25.0. The van der Waals surface area contributed by atoms with E-state index in [-0.39, 0.29) is 23.1 Å². The van der Waals surface area contributed by atoms with Crippen molar-refractivity contribution in [3.63, 3.8) is 0 Å². The molecule has 6 heteroatoms. The fourth-order valence-electron chi connectivity index (χ4n) is 4.07. The molecule has 1 atom stereocenters. The van der Waals surface area contributed by atoms with Crippen molar-refractivity contribution in [1.82, 2.24) is 19.7 Å². The highest BCUT2D eigenvalue weighted by molar-refractivity contribution is 5.80. The second kappa shape index (κ2) is 7.12. The van der Waals surface area contributed by atoms with Crippen LogP contribution in [0.15, 0.2) is 24.4 Å². The summed E-state index contributed by atoms with van der Waals surface area (Å²) in [6.45, 7) is 8.37. The van der Waals surface area contributed by atoms with Crippen LogP contribution in [0.3, 0.4) is 0 Å². The predicted octanol–water partition coefficient (Wildman–Crippen LogP) is 1.23. The zero-order valence-electron chi connectivity index (χ0n) is 15.4. The van der Waals surface area contributed by atoms with E-state index in [1.165, 1.54) is 0 Å². The van der Waals surface area contributed by atoms with Crippen LogP contribution in [-0.4, -0.2) is 71.3 Å². The lowest BCUT2D eigenvalue weighted by atomic mass is 9.85. The van der Waals surface area contributed by atoms with E-state index in [1.54, 1.807) is 0 Å². The number of pyridine rings is 1. The van der Waals surface area contributed by atoms with Crippen LogP contribution >= 0.6 is 0 Å². The van der Waals surface area contributed by atoms with Crippen LogP contribution in [-0.2, 0) is 16.1 Å². The minimum atomic E-state index is -0.179. The molecule has 0 saturated carbocycles. The first-order chi connectivity index (χ1) is 11.9. The van der Waals surface area contributed by atoms with E-state index < -0.39 is 0 Å². The van der Waals surface area contributed by atoms with E-state index in [9.17, 15) is 9.59 Å². The molecule has 0 N–H and O–H groups in total. The van der Waals surface area contributed by atoms with Gasteiger partial charge in [-0.3, -0.25) is 19.5 Å². The summed E-state index contributed by atoms with van der Waals surface area (Å²) in [6.07, 6.45) is 2.33. The zero-order chi connectivity index (χ0) is 18.0. The molecule has 25 heavy (non-hydrogen) atoms. The molecule has 0 radical (unpaired) electrons. The van der Waals surface area contributed by atoms with Crippen LogP contribution in [0, 0.1) is 11.3 Å². The van der Waals surface area contributed by atoms with Gasteiger partial charge in [-0.1, -0.05) is 19.9 Å². The van der Waals surface area contributed by atoms with Crippen LogP contribution < -0.4 is 0 Å². The first-order valence-corrected chi connectivity index (χ1v) is 9.04. The number of hydrogen-bond acceptors (Lipinski definition) is 4. The fraction of sp³-hybridized carbons (Fsp3) is 0.632. The molecular weight excluding hydrogens is 316 g/mol. The van der Waals surface area contributed by atoms with Crippen molar-refractivity contribution in [3.05, 3.63) is 30.1 Å². The zero-order valence-corrected chi connectivity index (χ0v) is 15.4. The molecule has 2 amide bonds. The summed E-state index contributed by atoms with van der Waals surface area (Å²) in [5, 5.41) is 0. The first kappa shape index (κ1) is 17.9. The third kappa shape index (κ3) is 4.00. The van der Waals surface area contributed by atoms with Gasteiger partial charge in [-0.15, -0.1) is 0 Å². The number of nitrogens with zero attached hydrogens (tertiary/aromatic N) is 4. The maximum atomic E-state index is 12.6. The third-order valence-electron chi connectivity index (χ3n) is 5.21. The fourth-order valence-corrected chi connectivity index (χ4v) is 4.07. The standard InChI is InChI=1S/C19H28N4O2/c1-15(2)18(25)23-9-8-22(11-16-6-4-5-7-20-16)13-19(14-23)10-17(24)21(3)12-19/h4-7,15H,8-14H2,1-3H3/t19-/m1/s1. The Morgan fingerprint density at radius 2 is 2.04 bits per heavy atom. The summed E-state index contributed by atoms with van der Waals surface area (Å²) in [4.78, 5) is 35.4. The highest BCUT2D eigenvalue weighted by Crippen LogP contribution is 2.35. The molecule has 0 bridgehead atoms. The Morgan fingerprint density at radius 1 is 1.24 bits per heavy atom. The average Bonchev–Trinajstić information content (AvgIpc) is 2.74. The van der Waals surface area contributed by atoms with Crippen molar-refractivity contribution in [2.24, 2.45) is 11.3 Å². The van der Waals surface area contributed by atoms with Crippen molar-refractivity contribution in [2.75, 3.05) is 39.8 Å². The number of carbonyl (C=O) groups is 2. The van der Waals surface area contributed by atoms with Crippen LogP contribution in [0.4, 0.5) is 0 Å². The molecule has 0 aliphatic carbocycles. The molecule has 2 aliphatic rings. The number of rotatable bonds is 3. The van der Waals surface area contributed by atoms with Crippen molar-refractivity contribution in [3.8, 4) is 0 Å². The number of hydrogen-bond donors (Lipinski definition) is 0. The molecule has 2 fully saturated rings. The highest BCUT2D eigenvalue weighted by atomic mass is 16.2. The van der Waals surface area contributed by atoms with Gasteiger partial charge in [0.05, 0.1) is 5.69 Å². The van der Waals surface area contributed by atoms with Crippen molar-refractivity contribution in [1.29, 1.82) is 0 Å². The van der Waals surface area contributed by atoms with Crippen LogP contribution in [0.25, 0.3) is 0 Å². The molecule has 1 aromatic heterocycles. The minimum Gasteiger partial charge on any atom is -0.345 e. The highest BCUT2D eigenvalue weighted by Gasteiger charge is 2.46. The SMILES string of the molecule is CC(C)C(=O)N1CCN(Cc2ccccn2)C[C@]2(CC(=O)N(C)C2)C1. The Bertz CT molecular complexity index is 634. The molecule has 136 valence electrons. The number of amides is 2. The number of carbonyl (C=O) groups excluding carboxylic acids is 2. The maximum absolute atomic E-state index is 12.6. The topological polar surface area (TPSA) is 56.8 Å². The summed E-state index contributed by atoms with van der Waals surface area (Å²) in [6, 6.07) is 5.94. The molecule has 6 nitrogen and oxygen atoms in total. The largest absolute Gasteiger partial charge is 0.345 e. The van der Waals surface area contributed by atoms with Gasteiger partial charge >= 0.3 is 0 Å². The molecule has 0 aromatic carbocycles. The van der Waals surface area contributed by atoms with E-state index in [0.717, 1.165) is 25.3 Å². The van der Waals surface area contributed by atoms with Crippen molar-refractivity contribution < 1.29 is 9.59 Å². The summed E-state index contributed by atoms with van der Waals surface area (Å²) >= 11 is 0. The van der Waals surface area contributed by atoms with Gasteiger partial charge in [-0.25, -0.2) is 0 Å². The smallest absolute Gasteiger partial charge is 0.225 e. The molecule has 3 heterocycles. The first-order valence-electron chi connectivity index (χ1n) is 9.04. The number of likely N-dealkylation sites (tertiary alicyclic amines) is 1. The van der Waals surface area contributed by atoms with Crippen LogP contribution in [0.5, 0.6) is 0 Å². The van der Waals surface area contributed by atoms with Gasteiger partial charge in [0, 0.05) is 70.3 Å². The summed E-state index contributed by atoms with van der Waals surface area (Å²) in [7, 11) is 1.86. The Morgan fingerprint density at radius 3 is 2.64 bits per heavy atom. The van der Waals surface area contributed by atoms with Gasteiger partial charge in [0.1, 0.15) is 0 Å². The maximum Gasteiger partial charge on any atom is 0.225 e. The van der Waals surface area contributed by atoms with Crippen LogP contribution in [0.1, 0.15) is 26.0 Å². The van der Waals surface area contributed by atoms with Gasteiger partial charge < -0.3 is 9.80 Å². The van der Waals surface area contributed by atoms with E-state index in [2.05, 4.69) is 9.88 Å². The van der Waals surface area contributed by atoms with Crippen LogP contribution in [0.2, 0.25) is 0 Å². The van der Waals surface area contributed by atoms with E-state index in [4.69, 9.17) is 0 Å². The lowest BCUT2D eigenvalue weighted by molar-refractivity contribution is -0.135. The van der Waals surface area contributed by atoms with Gasteiger partial charge in [0.2, 0.25) is 11.8 Å². The molecule has 3 rings (SSSR count). The molecule has 2 aliphatic heterocycles. The summed E-state index contributed by atoms with van der Waals surface area (Å²) in [5.41, 5.74) is 0.848. The number of aromatic nitrogens is 1. The second-order valence-corrected chi connectivity index (χ2v) is 7.87. The van der Waals surface area contributed by atoms with Gasteiger partial charge in [-0.05, 0) is 12.1 Å². The minimum absolute atomic E-state index is 0.0192. The quantitative estimate of drug-likeness (QED) is 0.828. The Balaban J connectivity index is 1.81. The average molecular weight is 344 g/mol. The Kier molecular flexibility index (Phi) is 5.08. The van der Waals surface area contributed by atoms with Gasteiger partial charge in [0.25, 0.3) is 0 Å². The van der Waals surface area contributed by atoms with Crippen molar-refractivity contribution >= 4 is 11.8 Å². The van der Waals surface area contributed by atoms with Crippen molar-refractivity contribution in [2.45, 2.75) is 26.8 Å². The summed E-state index contributed by atoms with van der Waals surface area (Å²) < 4.78 is 0. The summed E-state index contributed by atoms with van der Waals surface area (Å²) in [5.74, 6) is 0.340. The molecule has 1 spiro atoms. The molecule has 2 saturated heterocycles. The molecular formula is C19H28N4O2. The molecule has 0 unspecified atom stereocenters. The Hall–Kier alpha value is -1.95. The monoisotopic (exact) mass is 344 g/mol. The van der Waals surface area contributed by atoms with Gasteiger partial charge in [0.15, 0.2) is 0 Å². The lowest BCUT2D eigenvalue weighted by Gasteiger charge is -2.33. The van der Waals surface area contributed by atoms with E-state index >= 15 is 0 Å². The Labute approximate surface area is 149 Å².